The van der Waals surface area contributed by atoms with Crippen molar-refractivity contribution < 1.29 is 16.8 Å². The Balaban J connectivity index is 2.96. The zero-order chi connectivity index (χ0) is 13.8. The average Bonchev–Trinajstić information content (AvgIpc) is 2.28. The molecule has 98 valence electrons. The minimum Gasteiger partial charge on any atom is -0.225 e. The van der Waals surface area contributed by atoms with Crippen LogP contribution >= 0.6 is 0 Å². The lowest BCUT2D eigenvalue weighted by Crippen LogP contribution is -2.24. The normalized spacial score (nSPS) is 12.0. The molecular weight excluding hydrogens is 276 g/mol. The number of nitrogens with one attached hydrogen (secondary N) is 1. The minimum atomic E-state index is -3.83. The molecule has 0 aliphatic heterocycles. The third kappa shape index (κ3) is 3.82. The van der Waals surface area contributed by atoms with Crippen molar-refractivity contribution in [3.8, 4) is 12.3 Å². The smallest absolute Gasteiger partial charge is 0.225 e. The summed E-state index contributed by atoms with van der Waals surface area (Å²) < 4.78 is 47.7. The van der Waals surface area contributed by atoms with Crippen molar-refractivity contribution >= 4 is 20.0 Å². The number of sulfonamides is 2. The Kier molecular flexibility index (Phi) is 4.48. The highest BCUT2D eigenvalue weighted by Gasteiger charge is 2.14. The van der Waals surface area contributed by atoms with E-state index in [1.165, 1.54) is 0 Å². The van der Waals surface area contributed by atoms with Crippen LogP contribution in [-0.4, -0.2) is 23.4 Å². The lowest BCUT2D eigenvalue weighted by atomic mass is 10.4. The molecule has 0 atom stereocenters. The number of benzene rings is 1. The first-order chi connectivity index (χ1) is 8.27. The highest BCUT2D eigenvalue weighted by Crippen LogP contribution is 2.13. The molecule has 0 aromatic heterocycles. The second-order valence-electron chi connectivity index (χ2n) is 3.37. The van der Waals surface area contributed by atoms with Crippen molar-refractivity contribution in [1.29, 1.82) is 0 Å². The van der Waals surface area contributed by atoms with Crippen LogP contribution in [0.4, 0.5) is 0 Å². The molecule has 0 saturated carbocycles. The third-order valence-electron chi connectivity index (χ3n) is 2.02. The van der Waals surface area contributed by atoms with Crippen molar-refractivity contribution in [3.05, 3.63) is 24.3 Å². The Morgan fingerprint density at radius 3 is 2.06 bits per heavy atom. The standard InChI is InChI=1S/C10H12N2O4S2/c1-2-3-8-12-18(15,16)10-6-4-9(5-7-10)17(11,13)14/h1,4-7,12H,3,8H2,(H2,11,13,14). The van der Waals surface area contributed by atoms with Crippen LogP contribution in [0, 0.1) is 12.3 Å². The lowest BCUT2D eigenvalue weighted by Gasteiger charge is -2.05. The summed E-state index contributed by atoms with van der Waals surface area (Å²) in [7, 11) is -7.50. The fourth-order valence-electron chi connectivity index (χ4n) is 1.15. The van der Waals surface area contributed by atoms with E-state index in [-0.39, 0.29) is 22.8 Å². The zero-order valence-corrected chi connectivity index (χ0v) is 11.0. The largest absolute Gasteiger partial charge is 0.240 e. The SMILES string of the molecule is C#CCCNS(=O)(=O)c1ccc(S(N)(=O)=O)cc1. The van der Waals surface area contributed by atoms with Gasteiger partial charge in [0.25, 0.3) is 0 Å². The molecule has 0 radical (unpaired) electrons. The van der Waals surface area contributed by atoms with Crippen molar-refractivity contribution in [3.63, 3.8) is 0 Å². The topological polar surface area (TPSA) is 106 Å². The molecule has 1 aromatic rings. The molecule has 0 unspecified atom stereocenters. The van der Waals surface area contributed by atoms with Crippen molar-refractivity contribution in [2.75, 3.05) is 6.54 Å². The predicted octanol–water partition coefficient (Wildman–Crippen LogP) is -0.364. The van der Waals surface area contributed by atoms with E-state index < -0.39 is 20.0 Å². The molecule has 0 amide bonds. The second-order valence-corrected chi connectivity index (χ2v) is 6.70. The summed E-state index contributed by atoms with van der Waals surface area (Å²) >= 11 is 0. The van der Waals surface area contributed by atoms with E-state index in [9.17, 15) is 16.8 Å². The Labute approximate surface area is 106 Å². The van der Waals surface area contributed by atoms with Gasteiger partial charge in [-0.2, -0.15) is 0 Å². The summed E-state index contributed by atoms with van der Waals surface area (Å²) in [5, 5.41) is 4.90. The monoisotopic (exact) mass is 288 g/mol. The van der Waals surface area contributed by atoms with E-state index in [4.69, 9.17) is 11.6 Å². The Hall–Kier alpha value is -1.40. The molecular formula is C10H12N2O4S2. The second kappa shape index (κ2) is 5.49. The van der Waals surface area contributed by atoms with Gasteiger partial charge in [0, 0.05) is 13.0 Å². The molecule has 1 aromatic carbocycles. The van der Waals surface area contributed by atoms with Gasteiger partial charge in [-0.05, 0) is 24.3 Å². The molecule has 0 spiro atoms. The van der Waals surface area contributed by atoms with Gasteiger partial charge in [-0.3, -0.25) is 0 Å². The van der Waals surface area contributed by atoms with Gasteiger partial charge in [-0.15, -0.1) is 12.3 Å². The molecule has 1 rings (SSSR count). The average molecular weight is 288 g/mol. The first kappa shape index (κ1) is 14.7. The Morgan fingerprint density at radius 2 is 1.61 bits per heavy atom. The van der Waals surface area contributed by atoms with Gasteiger partial charge in [0.05, 0.1) is 9.79 Å². The maximum Gasteiger partial charge on any atom is 0.240 e. The molecule has 0 saturated heterocycles. The van der Waals surface area contributed by atoms with Gasteiger partial charge in [0.2, 0.25) is 20.0 Å². The quantitative estimate of drug-likeness (QED) is 0.569. The highest BCUT2D eigenvalue weighted by molar-refractivity contribution is 7.89. The highest BCUT2D eigenvalue weighted by atomic mass is 32.2. The van der Waals surface area contributed by atoms with Crippen molar-refractivity contribution in [1.82, 2.24) is 4.72 Å². The molecule has 8 heteroatoms. The van der Waals surface area contributed by atoms with Gasteiger partial charge in [-0.1, -0.05) is 0 Å². The van der Waals surface area contributed by atoms with Crippen LogP contribution in [0.25, 0.3) is 0 Å². The van der Waals surface area contributed by atoms with E-state index in [0.29, 0.717) is 0 Å². The van der Waals surface area contributed by atoms with Crippen LogP contribution in [0.2, 0.25) is 0 Å². The fraction of sp³-hybridized carbons (Fsp3) is 0.200. The van der Waals surface area contributed by atoms with E-state index in [1.54, 1.807) is 0 Å². The molecule has 0 bridgehead atoms. The van der Waals surface area contributed by atoms with Crippen molar-refractivity contribution in [2.45, 2.75) is 16.2 Å². The minimum absolute atomic E-state index is 0.0491. The van der Waals surface area contributed by atoms with Gasteiger partial charge in [-0.25, -0.2) is 26.7 Å². The number of hydrogen-bond donors (Lipinski definition) is 2. The van der Waals surface area contributed by atoms with Gasteiger partial charge >= 0.3 is 0 Å². The summed E-state index contributed by atoms with van der Waals surface area (Å²) in [5.74, 6) is 2.30. The number of terminal acetylenes is 1. The van der Waals surface area contributed by atoms with E-state index >= 15 is 0 Å². The Morgan fingerprint density at radius 1 is 1.11 bits per heavy atom. The lowest BCUT2D eigenvalue weighted by molar-refractivity contribution is 0.581. The number of primary sulfonamides is 1. The van der Waals surface area contributed by atoms with E-state index in [2.05, 4.69) is 10.6 Å². The summed E-state index contributed by atoms with van der Waals surface area (Å²) in [4.78, 5) is -0.197. The first-order valence-corrected chi connectivity index (χ1v) is 7.86. The number of nitrogens with two attached hydrogens (primary N) is 1. The van der Waals surface area contributed by atoms with Crippen LogP contribution in [0.5, 0.6) is 0 Å². The van der Waals surface area contributed by atoms with Gasteiger partial charge < -0.3 is 0 Å². The molecule has 0 fully saturated rings. The predicted molar refractivity (Wildman–Crippen MR) is 66.5 cm³/mol. The molecule has 0 aliphatic carbocycles. The molecule has 3 N–H and O–H groups in total. The van der Waals surface area contributed by atoms with Crippen molar-refractivity contribution in [2.24, 2.45) is 5.14 Å². The maximum absolute atomic E-state index is 11.7. The third-order valence-corrected chi connectivity index (χ3v) is 4.43. The van der Waals surface area contributed by atoms with Gasteiger partial charge in [0.15, 0.2) is 0 Å². The summed E-state index contributed by atoms with van der Waals surface area (Å²) in [6.07, 6.45) is 5.27. The molecule has 18 heavy (non-hydrogen) atoms. The molecule has 6 nitrogen and oxygen atoms in total. The number of rotatable bonds is 5. The fourth-order valence-corrected chi connectivity index (χ4v) is 2.70. The summed E-state index contributed by atoms with van der Waals surface area (Å²) in [6, 6.07) is 4.59. The van der Waals surface area contributed by atoms with Crippen LogP contribution in [0.3, 0.4) is 0 Å². The van der Waals surface area contributed by atoms with E-state index in [1.807, 2.05) is 0 Å². The number of hydrogen-bond acceptors (Lipinski definition) is 4. The van der Waals surface area contributed by atoms with Gasteiger partial charge in [0.1, 0.15) is 0 Å². The Bertz CT molecular complexity index is 655. The van der Waals surface area contributed by atoms with Crippen LogP contribution in [0.1, 0.15) is 6.42 Å². The van der Waals surface area contributed by atoms with Crippen LogP contribution < -0.4 is 9.86 Å². The molecule has 0 aliphatic rings. The van der Waals surface area contributed by atoms with Crippen LogP contribution in [0.15, 0.2) is 34.1 Å². The summed E-state index contributed by atoms with van der Waals surface area (Å²) in [6.45, 7) is 0.121. The maximum atomic E-state index is 11.7. The first-order valence-electron chi connectivity index (χ1n) is 4.83. The molecule has 0 heterocycles. The van der Waals surface area contributed by atoms with E-state index in [0.717, 1.165) is 24.3 Å². The summed E-state index contributed by atoms with van der Waals surface area (Å²) in [5.41, 5.74) is 0. The van der Waals surface area contributed by atoms with Crippen LogP contribution in [-0.2, 0) is 20.0 Å². The zero-order valence-electron chi connectivity index (χ0n) is 9.33.